The van der Waals surface area contributed by atoms with Crippen LogP contribution in [0.15, 0.2) is 69.5 Å². The number of aromatic nitrogens is 1. The van der Waals surface area contributed by atoms with Gasteiger partial charge in [-0.2, -0.15) is 18.3 Å². The number of nitro benzene ring substituents is 1. The first kappa shape index (κ1) is 25.9. The van der Waals surface area contributed by atoms with Gasteiger partial charge in [0.25, 0.3) is 5.69 Å². The molecule has 4 aromatic rings. The summed E-state index contributed by atoms with van der Waals surface area (Å²) >= 11 is 7.24. The molecule has 0 aliphatic carbocycles. The summed E-state index contributed by atoms with van der Waals surface area (Å²) in [5.74, 6) is 0.180. The summed E-state index contributed by atoms with van der Waals surface area (Å²) in [6, 6.07) is 11.9. The summed E-state index contributed by atoms with van der Waals surface area (Å²) in [7, 11) is 0. The lowest BCUT2D eigenvalue weighted by molar-refractivity contribution is -0.384. The molecule has 4 rings (SSSR count). The van der Waals surface area contributed by atoms with Crippen LogP contribution < -0.4 is 10.7 Å². The lowest BCUT2D eigenvalue weighted by Crippen LogP contribution is -2.19. The smallest absolute Gasteiger partial charge is 0.416 e. The Morgan fingerprint density at radius 1 is 1.22 bits per heavy atom. The van der Waals surface area contributed by atoms with Gasteiger partial charge < -0.3 is 9.73 Å². The molecule has 0 atom stereocenters. The van der Waals surface area contributed by atoms with Gasteiger partial charge in [-0.1, -0.05) is 17.7 Å². The Labute approximate surface area is 215 Å². The van der Waals surface area contributed by atoms with E-state index in [4.69, 9.17) is 16.0 Å². The van der Waals surface area contributed by atoms with Crippen LogP contribution in [0.2, 0.25) is 5.02 Å². The van der Waals surface area contributed by atoms with E-state index >= 15 is 0 Å². The van der Waals surface area contributed by atoms with E-state index in [0.29, 0.717) is 27.9 Å². The van der Waals surface area contributed by atoms with Gasteiger partial charge in [0.1, 0.15) is 11.5 Å². The van der Waals surface area contributed by atoms with Gasteiger partial charge in [0.15, 0.2) is 5.13 Å². The number of anilines is 2. The van der Waals surface area contributed by atoms with Gasteiger partial charge in [-0.15, -0.1) is 11.3 Å². The molecule has 2 aromatic carbocycles. The number of nitrogens with zero attached hydrogens (tertiary/aromatic N) is 3. The first-order valence-corrected chi connectivity index (χ1v) is 11.6. The van der Waals surface area contributed by atoms with Crippen molar-refractivity contribution >= 4 is 51.6 Å². The Bertz CT molecular complexity index is 1490. The second-order valence-electron chi connectivity index (χ2n) is 7.44. The largest absolute Gasteiger partial charge is 0.455 e. The van der Waals surface area contributed by atoms with Crippen LogP contribution >= 0.6 is 22.9 Å². The molecule has 2 N–H and O–H groups in total. The summed E-state index contributed by atoms with van der Waals surface area (Å²) in [6.07, 6.45) is -3.30. The number of nitro groups is 1. The number of rotatable bonds is 8. The van der Waals surface area contributed by atoms with Crippen molar-refractivity contribution in [3.8, 4) is 11.3 Å². The maximum absolute atomic E-state index is 12.9. The van der Waals surface area contributed by atoms with E-state index in [-0.39, 0.29) is 22.8 Å². The quantitative estimate of drug-likeness (QED) is 0.148. The number of carbonyl (C=O) groups excluding carboxylic acids is 1. The molecule has 2 aromatic heterocycles. The fraction of sp³-hybridized carbons (Fsp3) is 0.0870. The molecule has 0 unspecified atom stereocenters. The average Bonchev–Trinajstić information content (AvgIpc) is 3.48. The minimum Gasteiger partial charge on any atom is -0.455 e. The van der Waals surface area contributed by atoms with E-state index in [1.165, 1.54) is 36.5 Å². The summed E-state index contributed by atoms with van der Waals surface area (Å²) in [5.41, 5.74) is 2.47. The molecule has 14 heteroatoms. The molecular weight excluding hydrogens is 535 g/mol. The normalized spacial score (nSPS) is 11.6. The first-order valence-electron chi connectivity index (χ1n) is 10.3. The highest BCUT2D eigenvalue weighted by Gasteiger charge is 2.30. The molecule has 0 fully saturated rings. The highest BCUT2D eigenvalue weighted by atomic mass is 35.5. The standard InChI is InChI=1S/C23H15ClF3N5O4S/c24-19-10-16(32(34)35)4-6-18(19)20-7-5-17(36-20)11-28-31-21(33)9-15-12-37-22(30-15)29-14-3-1-2-13(8-14)23(25,26)27/h1-8,10-12H,9H2,(H,29,30)(H,31,33)/b28-11-. The number of thiazole rings is 1. The van der Waals surface area contributed by atoms with E-state index in [9.17, 15) is 28.1 Å². The molecule has 0 aliphatic rings. The van der Waals surface area contributed by atoms with Gasteiger partial charge in [0, 0.05) is 28.8 Å². The highest BCUT2D eigenvalue weighted by Crippen LogP contribution is 2.33. The van der Waals surface area contributed by atoms with Crippen LogP contribution in [0.5, 0.6) is 0 Å². The second-order valence-corrected chi connectivity index (χ2v) is 8.71. The van der Waals surface area contributed by atoms with Gasteiger partial charge in [-0.3, -0.25) is 14.9 Å². The van der Waals surface area contributed by atoms with E-state index in [0.717, 1.165) is 23.5 Å². The summed E-state index contributed by atoms with van der Waals surface area (Å²) in [5, 5.41) is 19.5. The molecule has 0 saturated heterocycles. The van der Waals surface area contributed by atoms with Gasteiger partial charge in [0.2, 0.25) is 5.91 Å². The minimum atomic E-state index is -4.46. The van der Waals surface area contributed by atoms with Crippen molar-refractivity contribution in [2.45, 2.75) is 12.6 Å². The van der Waals surface area contributed by atoms with Crippen LogP contribution in [0.1, 0.15) is 17.0 Å². The van der Waals surface area contributed by atoms with Crippen molar-refractivity contribution in [2.75, 3.05) is 5.32 Å². The molecule has 190 valence electrons. The third-order valence-corrected chi connectivity index (χ3v) is 5.89. The van der Waals surface area contributed by atoms with Crippen LogP contribution in [0, 0.1) is 10.1 Å². The number of non-ortho nitro benzene ring substituents is 1. The van der Waals surface area contributed by atoms with Crippen molar-refractivity contribution < 1.29 is 27.3 Å². The molecule has 9 nitrogen and oxygen atoms in total. The van der Waals surface area contributed by atoms with Gasteiger partial charge in [0.05, 0.1) is 33.8 Å². The molecule has 0 aliphatic heterocycles. The number of furan rings is 1. The van der Waals surface area contributed by atoms with Gasteiger partial charge >= 0.3 is 6.18 Å². The zero-order chi connectivity index (χ0) is 26.6. The van der Waals surface area contributed by atoms with Crippen molar-refractivity contribution in [2.24, 2.45) is 5.10 Å². The number of alkyl halides is 3. The Morgan fingerprint density at radius 2 is 2.03 bits per heavy atom. The Morgan fingerprint density at radius 3 is 2.76 bits per heavy atom. The number of nitrogens with one attached hydrogen (secondary N) is 2. The number of hydrogen-bond donors (Lipinski definition) is 2. The van der Waals surface area contributed by atoms with Gasteiger partial charge in [-0.25, -0.2) is 10.4 Å². The molecular formula is C23H15ClF3N5O4S. The lowest BCUT2D eigenvalue weighted by atomic mass is 10.1. The highest BCUT2D eigenvalue weighted by molar-refractivity contribution is 7.13. The van der Waals surface area contributed by atoms with E-state index in [2.05, 4.69) is 20.8 Å². The third-order valence-electron chi connectivity index (χ3n) is 4.77. The number of carbonyl (C=O) groups is 1. The summed E-state index contributed by atoms with van der Waals surface area (Å²) < 4.78 is 44.2. The first-order chi connectivity index (χ1) is 17.6. The zero-order valence-electron chi connectivity index (χ0n) is 18.5. The fourth-order valence-corrected chi connectivity index (χ4v) is 4.10. The second kappa shape index (κ2) is 10.8. The van der Waals surface area contributed by atoms with Crippen LogP contribution in [-0.4, -0.2) is 22.0 Å². The average molecular weight is 550 g/mol. The maximum Gasteiger partial charge on any atom is 0.416 e. The molecule has 0 saturated carbocycles. The Hall–Kier alpha value is -4.23. The van der Waals surface area contributed by atoms with Crippen LogP contribution in [0.25, 0.3) is 11.3 Å². The van der Waals surface area contributed by atoms with Crippen LogP contribution in [0.4, 0.5) is 29.7 Å². The number of hydrazone groups is 1. The topological polar surface area (TPSA) is 123 Å². The minimum absolute atomic E-state index is 0.111. The maximum atomic E-state index is 12.9. The summed E-state index contributed by atoms with van der Waals surface area (Å²) in [6.45, 7) is 0. The number of amides is 1. The number of halogens is 4. The van der Waals surface area contributed by atoms with Crippen LogP contribution in [-0.2, 0) is 17.4 Å². The van der Waals surface area contributed by atoms with Crippen molar-refractivity contribution in [3.05, 3.63) is 92.1 Å². The molecule has 2 heterocycles. The zero-order valence-corrected chi connectivity index (χ0v) is 20.0. The molecule has 1 amide bonds. The fourth-order valence-electron chi connectivity index (χ4n) is 3.10. The predicted octanol–water partition coefficient (Wildman–Crippen LogP) is 6.42. The van der Waals surface area contributed by atoms with Crippen molar-refractivity contribution in [3.63, 3.8) is 0 Å². The molecule has 0 bridgehead atoms. The van der Waals surface area contributed by atoms with Crippen LogP contribution in [0.3, 0.4) is 0 Å². The number of benzene rings is 2. The lowest BCUT2D eigenvalue weighted by Gasteiger charge is -2.08. The Kier molecular flexibility index (Phi) is 7.55. The molecule has 37 heavy (non-hydrogen) atoms. The monoisotopic (exact) mass is 549 g/mol. The predicted molar refractivity (Wildman–Crippen MR) is 132 cm³/mol. The van der Waals surface area contributed by atoms with Gasteiger partial charge in [-0.05, 0) is 36.4 Å². The SMILES string of the molecule is O=C(Cc1csc(Nc2cccc(C(F)(F)F)c2)n1)N/N=C\c1ccc(-c2ccc([N+](=O)[O-])cc2Cl)o1. The number of hydrogen-bond acceptors (Lipinski definition) is 8. The third kappa shape index (κ3) is 6.71. The van der Waals surface area contributed by atoms with Crippen molar-refractivity contribution in [1.82, 2.24) is 10.4 Å². The Balaban J connectivity index is 1.31. The van der Waals surface area contributed by atoms with E-state index < -0.39 is 22.6 Å². The molecule has 0 radical (unpaired) electrons. The molecule has 0 spiro atoms. The summed E-state index contributed by atoms with van der Waals surface area (Å²) in [4.78, 5) is 26.7. The van der Waals surface area contributed by atoms with E-state index in [1.807, 2.05) is 0 Å². The van der Waals surface area contributed by atoms with Crippen molar-refractivity contribution in [1.29, 1.82) is 0 Å². The van der Waals surface area contributed by atoms with E-state index in [1.54, 1.807) is 17.5 Å².